The molecule has 0 spiro atoms. The highest BCUT2D eigenvalue weighted by Gasteiger charge is 2.29. The largest absolute Gasteiger partial charge is 0.449 e. The number of carbonyl (C=O) groups excluding carboxylic acids is 1. The number of amides is 1. The molecular weight excluding hydrogens is 382 g/mol. The summed E-state index contributed by atoms with van der Waals surface area (Å²) in [5.74, 6) is 0.0659. The molecule has 0 bridgehead atoms. The van der Waals surface area contributed by atoms with Gasteiger partial charge in [-0.05, 0) is 35.2 Å². The molecule has 2 atom stereocenters. The monoisotopic (exact) mass is 405 g/mol. The molecule has 2 unspecified atom stereocenters. The second-order valence-corrected chi connectivity index (χ2v) is 7.27. The second-order valence-electron chi connectivity index (χ2n) is 7.27. The Kier molecular flexibility index (Phi) is 5.74. The van der Waals surface area contributed by atoms with Crippen LogP contribution in [0.15, 0.2) is 60.8 Å². The van der Waals surface area contributed by atoms with E-state index in [9.17, 15) is 15.0 Å². The summed E-state index contributed by atoms with van der Waals surface area (Å²) in [6.45, 7) is 1.76. The number of hydrogen-bond donors (Lipinski definition) is 3. The third kappa shape index (κ3) is 4.03. The van der Waals surface area contributed by atoms with E-state index in [1.54, 1.807) is 13.0 Å². The van der Waals surface area contributed by atoms with Crippen LogP contribution in [0.2, 0.25) is 0 Å². The van der Waals surface area contributed by atoms with E-state index in [4.69, 9.17) is 4.74 Å². The third-order valence-electron chi connectivity index (χ3n) is 5.24. The summed E-state index contributed by atoms with van der Waals surface area (Å²) in [7, 11) is 0. The second kappa shape index (κ2) is 8.61. The zero-order valence-corrected chi connectivity index (χ0v) is 16.5. The summed E-state index contributed by atoms with van der Waals surface area (Å²) < 4.78 is 5.42. The van der Waals surface area contributed by atoms with Crippen molar-refractivity contribution in [2.75, 3.05) is 13.2 Å². The Labute approximate surface area is 174 Å². The summed E-state index contributed by atoms with van der Waals surface area (Å²) in [5, 5.41) is 22.8. The van der Waals surface area contributed by atoms with Gasteiger partial charge in [-0.25, -0.2) is 14.8 Å². The molecule has 4 rings (SSSR count). The van der Waals surface area contributed by atoms with Gasteiger partial charge in [0.05, 0.1) is 0 Å². The maximum atomic E-state index is 12.2. The first-order valence-electron chi connectivity index (χ1n) is 9.79. The van der Waals surface area contributed by atoms with E-state index in [-0.39, 0.29) is 24.9 Å². The Bertz CT molecular complexity index is 1010. The molecule has 0 fully saturated rings. The van der Waals surface area contributed by atoms with Gasteiger partial charge in [0.1, 0.15) is 18.8 Å². The van der Waals surface area contributed by atoms with Crippen LogP contribution in [0.4, 0.5) is 4.79 Å². The molecule has 7 nitrogen and oxygen atoms in total. The zero-order chi connectivity index (χ0) is 21.1. The van der Waals surface area contributed by atoms with Crippen LogP contribution in [0.5, 0.6) is 0 Å². The molecule has 1 aliphatic rings. The van der Waals surface area contributed by atoms with Gasteiger partial charge in [0.2, 0.25) is 0 Å². The number of aryl methyl sites for hydroxylation is 1. The molecule has 2 aromatic carbocycles. The highest BCUT2D eigenvalue weighted by atomic mass is 16.5. The highest BCUT2D eigenvalue weighted by molar-refractivity contribution is 5.79. The van der Waals surface area contributed by atoms with Crippen LogP contribution in [0.3, 0.4) is 0 Å². The molecule has 0 aliphatic heterocycles. The number of hydrogen-bond acceptors (Lipinski definition) is 6. The summed E-state index contributed by atoms with van der Waals surface area (Å²) >= 11 is 0. The normalized spacial score (nSPS) is 14.5. The zero-order valence-electron chi connectivity index (χ0n) is 16.5. The maximum Gasteiger partial charge on any atom is 0.407 e. The Morgan fingerprint density at radius 1 is 1.07 bits per heavy atom. The fourth-order valence-corrected chi connectivity index (χ4v) is 3.73. The number of aliphatic hydroxyl groups excluding tert-OH is 2. The first kappa shape index (κ1) is 20.0. The molecule has 30 heavy (non-hydrogen) atoms. The van der Waals surface area contributed by atoms with E-state index in [2.05, 4.69) is 27.4 Å². The standard InChI is InChI=1S/C23H23N3O4/c1-14-10-11-24-22(26-14)21(28)20(27)12-25-23(29)30-13-19-17-8-4-2-6-15(17)16-7-3-5-9-18(16)19/h2-11,19-21,27-28H,12-13H2,1H3,(H,25,29). The number of nitrogens with zero attached hydrogens (tertiary/aromatic N) is 2. The van der Waals surface area contributed by atoms with Gasteiger partial charge in [0.25, 0.3) is 0 Å². The molecule has 1 aromatic heterocycles. The van der Waals surface area contributed by atoms with E-state index < -0.39 is 18.3 Å². The lowest BCUT2D eigenvalue weighted by Gasteiger charge is -2.18. The molecule has 1 aliphatic carbocycles. The number of aliphatic hydroxyl groups is 2. The SMILES string of the molecule is Cc1ccnc(C(O)C(O)CNC(=O)OCC2c3ccccc3-c3ccccc32)n1. The van der Waals surface area contributed by atoms with E-state index in [0.717, 1.165) is 22.3 Å². The number of benzene rings is 2. The maximum absolute atomic E-state index is 12.2. The van der Waals surface area contributed by atoms with Gasteiger partial charge in [0, 0.05) is 24.4 Å². The van der Waals surface area contributed by atoms with E-state index in [1.807, 2.05) is 36.4 Å². The van der Waals surface area contributed by atoms with Crippen molar-refractivity contribution in [3.05, 3.63) is 83.4 Å². The number of fused-ring (bicyclic) bond motifs is 3. The first-order chi connectivity index (χ1) is 14.5. The summed E-state index contributed by atoms with van der Waals surface area (Å²) in [6, 6.07) is 17.9. The van der Waals surface area contributed by atoms with E-state index >= 15 is 0 Å². The van der Waals surface area contributed by atoms with Gasteiger partial charge in [-0.3, -0.25) is 0 Å². The third-order valence-corrected chi connectivity index (χ3v) is 5.24. The Balaban J connectivity index is 1.34. The molecule has 1 amide bonds. The topological polar surface area (TPSA) is 105 Å². The summed E-state index contributed by atoms with van der Waals surface area (Å²) in [5.41, 5.74) is 5.23. The van der Waals surface area contributed by atoms with E-state index in [0.29, 0.717) is 5.69 Å². The molecule has 3 N–H and O–H groups in total. The lowest BCUT2D eigenvalue weighted by Crippen LogP contribution is -2.36. The van der Waals surface area contributed by atoms with Crippen LogP contribution in [-0.2, 0) is 4.74 Å². The number of ether oxygens (including phenoxy) is 1. The molecule has 3 aromatic rings. The summed E-state index contributed by atoms with van der Waals surface area (Å²) in [4.78, 5) is 20.2. The minimum absolute atomic E-state index is 0.0423. The van der Waals surface area contributed by atoms with Crippen molar-refractivity contribution in [1.82, 2.24) is 15.3 Å². The number of carbonyl (C=O) groups is 1. The van der Waals surface area contributed by atoms with Crippen molar-refractivity contribution in [3.8, 4) is 11.1 Å². The highest BCUT2D eigenvalue weighted by Crippen LogP contribution is 2.44. The van der Waals surface area contributed by atoms with Crippen LogP contribution in [0.25, 0.3) is 11.1 Å². The minimum atomic E-state index is -1.31. The number of rotatable bonds is 6. The lowest BCUT2D eigenvalue weighted by atomic mass is 9.98. The van der Waals surface area contributed by atoms with Crippen molar-refractivity contribution in [2.45, 2.75) is 25.0 Å². The fraction of sp³-hybridized carbons (Fsp3) is 0.261. The van der Waals surface area contributed by atoms with Crippen LogP contribution >= 0.6 is 0 Å². The van der Waals surface area contributed by atoms with Crippen molar-refractivity contribution < 1.29 is 19.7 Å². The number of alkyl carbamates (subject to hydrolysis) is 1. The van der Waals surface area contributed by atoms with Crippen molar-refractivity contribution in [2.24, 2.45) is 0 Å². The molecule has 154 valence electrons. The van der Waals surface area contributed by atoms with Crippen molar-refractivity contribution in [1.29, 1.82) is 0 Å². The first-order valence-corrected chi connectivity index (χ1v) is 9.79. The number of aromatic nitrogens is 2. The van der Waals surface area contributed by atoms with Gasteiger partial charge in [0.15, 0.2) is 5.82 Å². The molecule has 0 saturated heterocycles. The van der Waals surface area contributed by atoms with Gasteiger partial charge >= 0.3 is 6.09 Å². The van der Waals surface area contributed by atoms with Gasteiger partial charge in [-0.2, -0.15) is 0 Å². The lowest BCUT2D eigenvalue weighted by molar-refractivity contribution is 0.0132. The van der Waals surface area contributed by atoms with Crippen molar-refractivity contribution >= 4 is 6.09 Å². The Morgan fingerprint density at radius 3 is 2.33 bits per heavy atom. The Hall–Kier alpha value is -3.29. The average molecular weight is 405 g/mol. The van der Waals surface area contributed by atoms with Crippen molar-refractivity contribution in [3.63, 3.8) is 0 Å². The van der Waals surface area contributed by atoms with Gasteiger partial charge in [-0.15, -0.1) is 0 Å². The van der Waals surface area contributed by atoms with Crippen LogP contribution < -0.4 is 5.32 Å². The quantitative estimate of drug-likeness (QED) is 0.583. The number of nitrogens with one attached hydrogen (secondary N) is 1. The average Bonchev–Trinajstić information content (AvgIpc) is 3.09. The van der Waals surface area contributed by atoms with Crippen LogP contribution in [-0.4, -0.2) is 45.5 Å². The predicted octanol–water partition coefficient (Wildman–Crippen LogP) is 2.72. The Morgan fingerprint density at radius 2 is 1.70 bits per heavy atom. The molecule has 1 heterocycles. The van der Waals surface area contributed by atoms with Gasteiger partial charge in [-0.1, -0.05) is 48.5 Å². The molecular formula is C23H23N3O4. The predicted molar refractivity (Wildman–Crippen MR) is 111 cm³/mol. The minimum Gasteiger partial charge on any atom is -0.449 e. The van der Waals surface area contributed by atoms with Gasteiger partial charge < -0.3 is 20.3 Å². The smallest absolute Gasteiger partial charge is 0.407 e. The molecule has 7 heteroatoms. The molecule has 0 saturated carbocycles. The van der Waals surface area contributed by atoms with Crippen LogP contribution in [0.1, 0.15) is 34.7 Å². The van der Waals surface area contributed by atoms with Crippen LogP contribution in [0, 0.1) is 6.92 Å². The fourth-order valence-electron chi connectivity index (χ4n) is 3.73. The summed E-state index contributed by atoms with van der Waals surface area (Å²) in [6.07, 6.45) is -1.72. The van der Waals surface area contributed by atoms with E-state index in [1.165, 1.54) is 6.20 Å². The molecule has 0 radical (unpaired) electrons.